The molecule has 2 atom stereocenters. The molecule has 2 unspecified atom stereocenters. The van der Waals surface area contributed by atoms with Crippen LogP contribution in [0, 0.1) is 0 Å². The highest BCUT2D eigenvalue weighted by Crippen LogP contribution is 2.15. The number of rotatable bonds is 3. The number of aliphatic hydroxyl groups excluding tert-OH is 1. The van der Waals surface area contributed by atoms with E-state index in [4.69, 9.17) is 4.74 Å². The molecule has 6 nitrogen and oxygen atoms in total. The Kier molecular flexibility index (Phi) is 4.34. The van der Waals surface area contributed by atoms with Crippen molar-refractivity contribution in [1.82, 2.24) is 9.88 Å². The Bertz CT molecular complexity index is 453. The minimum atomic E-state index is -0.307. The number of pyridine rings is 1. The normalized spacial score (nSPS) is 23.2. The number of ether oxygens (including phenoxy) is 1. The lowest BCUT2D eigenvalue weighted by molar-refractivity contribution is -0.0858. The van der Waals surface area contributed by atoms with E-state index < -0.39 is 0 Å². The van der Waals surface area contributed by atoms with E-state index in [0.717, 1.165) is 0 Å². The Balaban J connectivity index is 2.13. The van der Waals surface area contributed by atoms with Gasteiger partial charge in [-0.1, -0.05) is 0 Å². The summed E-state index contributed by atoms with van der Waals surface area (Å²) < 4.78 is 5.53. The molecule has 1 aromatic heterocycles. The SMILES string of the molecule is CNc1cc(C(=O)N2CC(C)OC(CO)C2)ccn1. The van der Waals surface area contributed by atoms with E-state index in [1.807, 2.05) is 6.92 Å². The quantitative estimate of drug-likeness (QED) is 0.824. The molecule has 0 aliphatic carbocycles. The minimum absolute atomic E-state index is 0.0625. The first-order valence-electron chi connectivity index (χ1n) is 6.33. The van der Waals surface area contributed by atoms with E-state index in [1.54, 1.807) is 30.3 Å². The zero-order chi connectivity index (χ0) is 13.8. The maximum absolute atomic E-state index is 12.4. The number of hydrogen-bond donors (Lipinski definition) is 2. The summed E-state index contributed by atoms with van der Waals surface area (Å²) in [7, 11) is 1.76. The fourth-order valence-electron chi connectivity index (χ4n) is 2.19. The second-order valence-corrected chi connectivity index (χ2v) is 4.64. The molecule has 2 rings (SSSR count). The van der Waals surface area contributed by atoms with Gasteiger partial charge >= 0.3 is 0 Å². The van der Waals surface area contributed by atoms with E-state index in [0.29, 0.717) is 24.5 Å². The molecule has 1 amide bonds. The average molecular weight is 265 g/mol. The summed E-state index contributed by atoms with van der Waals surface area (Å²) in [6.07, 6.45) is 1.23. The molecule has 1 aromatic rings. The van der Waals surface area contributed by atoms with E-state index >= 15 is 0 Å². The van der Waals surface area contributed by atoms with Crippen molar-refractivity contribution in [3.8, 4) is 0 Å². The second kappa shape index (κ2) is 5.99. The number of aliphatic hydroxyl groups is 1. The number of nitrogens with zero attached hydrogens (tertiary/aromatic N) is 2. The molecule has 2 heterocycles. The van der Waals surface area contributed by atoms with E-state index in [-0.39, 0.29) is 24.7 Å². The Hall–Kier alpha value is -1.66. The highest BCUT2D eigenvalue weighted by atomic mass is 16.5. The number of hydrogen-bond acceptors (Lipinski definition) is 5. The number of anilines is 1. The summed E-state index contributed by atoms with van der Waals surface area (Å²) in [5, 5.41) is 12.1. The fourth-order valence-corrected chi connectivity index (χ4v) is 2.19. The van der Waals surface area contributed by atoms with Crippen molar-refractivity contribution in [1.29, 1.82) is 0 Å². The van der Waals surface area contributed by atoms with Crippen LogP contribution in [0.25, 0.3) is 0 Å². The highest BCUT2D eigenvalue weighted by molar-refractivity contribution is 5.94. The zero-order valence-corrected chi connectivity index (χ0v) is 11.2. The molecule has 1 fully saturated rings. The predicted molar refractivity (Wildman–Crippen MR) is 71.1 cm³/mol. The van der Waals surface area contributed by atoms with Crippen LogP contribution in [-0.2, 0) is 4.74 Å². The average Bonchev–Trinajstić information content (AvgIpc) is 2.45. The van der Waals surface area contributed by atoms with Gasteiger partial charge in [0.05, 0.1) is 18.8 Å². The van der Waals surface area contributed by atoms with Crippen molar-refractivity contribution < 1.29 is 14.6 Å². The van der Waals surface area contributed by atoms with Crippen LogP contribution in [0.3, 0.4) is 0 Å². The van der Waals surface area contributed by atoms with Crippen molar-refractivity contribution in [3.63, 3.8) is 0 Å². The topological polar surface area (TPSA) is 74.7 Å². The van der Waals surface area contributed by atoms with Crippen LogP contribution in [0.5, 0.6) is 0 Å². The van der Waals surface area contributed by atoms with Crippen molar-refractivity contribution in [2.24, 2.45) is 0 Å². The Morgan fingerprint density at radius 3 is 3.11 bits per heavy atom. The first-order valence-corrected chi connectivity index (χ1v) is 6.33. The van der Waals surface area contributed by atoms with Crippen LogP contribution in [0.2, 0.25) is 0 Å². The van der Waals surface area contributed by atoms with Gasteiger partial charge in [-0.05, 0) is 19.1 Å². The first kappa shape index (κ1) is 13.8. The number of carbonyl (C=O) groups excluding carboxylic acids is 1. The Morgan fingerprint density at radius 1 is 1.63 bits per heavy atom. The number of nitrogens with one attached hydrogen (secondary N) is 1. The molecule has 0 spiro atoms. The molecule has 19 heavy (non-hydrogen) atoms. The Labute approximate surface area is 112 Å². The van der Waals surface area contributed by atoms with Gasteiger partial charge in [0.25, 0.3) is 5.91 Å². The van der Waals surface area contributed by atoms with Crippen molar-refractivity contribution >= 4 is 11.7 Å². The van der Waals surface area contributed by atoms with Gasteiger partial charge < -0.3 is 20.1 Å². The summed E-state index contributed by atoms with van der Waals surface area (Å²) in [6, 6.07) is 3.41. The van der Waals surface area contributed by atoms with Gasteiger partial charge in [0.2, 0.25) is 0 Å². The molecule has 0 radical (unpaired) electrons. The largest absolute Gasteiger partial charge is 0.394 e. The van der Waals surface area contributed by atoms with E-state index in [1.165, 1.54) is 0 Å². The molecule has 104 valence electrons. The zero-order valence-electron chi connectivity index (χ0n) is 11.2. The van der Waals surface area contributed by atoms with Gasteiger partial charge in [0, 0.05) is 31.9 Å². The lowest BCUT2D eigenvalue weighted by Crippen LogP contribution is -2.50. The second-order valence-electron chi connectivity index (χ2n) is 4.64. The summed E-state index contributed by atoms with van der Waals surface area (Å²) >= 11 is 0. The number of morpholine rings is 1. The van der Waals surface area contributed by atoms with Gasteiger partial charge in [0.15, 0.2) is 0 Å². The maximum Gasteiger partial charge on any atom is 0.254 e. The van der Waals surface area contributed by atoms with Gasteiger partial charge in [0.1, 0.15) is 5.82 Å². The molecule has 1 aliphatic rings. The predicted octanol–water partition coefficient (Wildman–Crippen LogP) is 0.345. The molecule has 0 bridgehead atoms. The third kappa shape index (κ3) is 3.21. The number of carbonyl (C=O) groups is 1. The third-order valence-corrected chi connectivity index (χ3v) is 3.08. The summed E-state index contributed by atoms with van der Waals surface area (Å²) in [5.74, 6) is 0.596. The Morgan fingerprint density at radius 2 is 2.42 bits per heavy atom. The van der Waals surface area contributed by atoms with Gasteiger partial charge in [-0.2, -0.15) is 0 Å². The van der Waals surface area contributed by atoms with Crippen LogP contribution in [0.15, 0.2) is 18.3 Å². The monoisotopic (exact) mass is 265 g/mol. The number of aromatic nitrogens is 1. The molecule has 1 saturated heterocycles. The molecule has 0 aromatic carbocycles. The van der Waals surface area contributed by atoms with Crippen LogP contribution in [0.4, 0.5) is 5.82 Å². The molecule has 2 N–H and O–H groups in total. The lowest BCUT2D eigenvalue weighted by atomic mass is 10.1. The lowest BCUT2D eigenvalue weighted by Gasteiger charge is -2.36. The molecular weight excluding hydrogens is 246 g/mol. The van der Waals surface area contributed by atoms with Crippen molar-refractivity contribution in [2.75, 3.05) is 32.1 Å². The van der Waals surface area contributed by atoms with Gasteiger partial charge in [-0.25, -0.2) is 4.98 Å². The van der Waals surface area contributed by atoms with Crippen LogP contribution in [0.1, 0.15) is 17.3 Å². The summed E-state index contributed by atoms with van der Waals surface area (Å²) in [4.78, 5) is 18.2. The maximum atomic E-state index is 12.4. The first-order chi connectivity index (χ1) is 9.13. The number of amides is 1. The van der Waals surface area contributed by atoms with Gasteiger partial charge in [-0.3, -0.25) is 4.79 Å². The molecule has 0 saturated carbocycles. The van der Waals surface area contributed by atoms with Crippen LogP contribution < -0.4 is 5.32 Å². The standard InChI is InChI=1S/C13H19N3O3/c1-9-6-16(7-11(8-17)19-9)13(18)10-3-4-15-12(5-10)14-2/h3-5,9,11,17H,6-8H2,1-2H3,(H,14,15). The summed E-state index contributed by atoms with van der Waals surface area (Å²) in [6.45, 7) is 2.77. The third-order valence-electron chi connectivity index (χ3n) is 3.08. The molecule has 6 heteroatoms. The van der Waals surface area contributed by atoms with E-state index in [9.17, 15) is 9.90 Å². The smallest absolute Gasteiger partial charge is 0.254 e. The van der Waals surface area contributed by atoms with Crippen molar-refractivity contribution in [2.45, 2.75) is 19.1 Å². The molecular formula is C13H19N3O3. The van der Waals surface area contributed by atoms with E-state index in [2.05, 4.69) is 10.3 Å². The summed E-state index contributed by atoms with van der Waals surface area (Å²) in [5.41, 5.74) is 0.588. The highest BCUT2D eigenvalue weighted by Gasteiger charge is 2.28. The molecule has 1 aliphatic heterocycles. The fraction of sp³-hybridized carbons (Fsp3) is 0.538. The van der Waals surface area contributed by atoms with Crippen LogP contribution >= 0.6 is 0 Å². The van der Waals surface area contributed by atoms with Crippen LogP contribution in [-0.4, -0.2) is 59.8 Å². The minimum Gasteiger partial charge on any atom is -0.394 e. The van der Waals surface area contributed by atoms with Gasteiger partial charge in [-0.15, -0.1) is 0 Å². The van der Waals surface area contributed by atoms with Crippen molar-refractivity contribution in [3.05, 3.63) is 23.9 Å².